The van der Waals surface area contributed by atoms with Gasteiger partial charge in [0.1, 0.15) is 0 Å². The van der Waals surface area contributed by atoms with Gasteiger partial charge in [0.15, 0.2) is 0 Å². The Labute approximate surface area is 193 Å². The first-order valence-electron chi connectivity index (χ1n) is 10.0. The third kappa shape index (κ3) is 4.47. The Balaban J connectivity index is 1.90. The lowest BCUT2D eigenvalue weighted by Crippen LogP contribution is -1.93. The summed E-state index contributed by atoms with van der Waals surface area (Å²) in [5, 5.41) is 3.28. The van der Waals surface area contributed by atoms with Crippen molar-refractivity contribution in [3.63, 3.8) is 0 Å². The predicted molar refractivity (Wildman–Crippen MR) is 138 cm³/mol. The van der Waals surface area contributed by atoms with Crippen molar-refractivity contribution < 1.29 is 0 Å². The van der Waals surface area contributed by atoms with Gasteiger partial charge in [-0.2, -0.15) is 0 Å². The molecule has 4 aromatic rings. The molecule has 1 heterocycles. The number of thioether (sulfide) groups is 1. The first kappa shape index (κ1) is 21.1. The normalized spacial score (nSPS) is 10.2. The molecule has 0 nitrogen and oxygen atoms in total. The number of aryl methyl sites for hydroxylation is 2. The average molecular weight is 435 g/mol. The van der Waals surface area contributed by atoms with Gasteiger partial charge in [-0.05, 0) is 55.8 Å². The highest BCUT2D eigenvalue weighted by Crippen LogP contribution is 2.38. The second kappa shape index (κ2) is 9.32. The second-order valence-corrected chi connectivity index (χ2v) is 9.03. The Kier molecular flexibility index (Phi) is 6.34. The molecule has 0 saturated heterocycles. The zero-order valence-electron chi connectivity index (χ0n) is 17.9. The summed E-state index contributed by atoms with van der Waals surface area (Å²) >= 11 is 3.41. The molecule has 0 radical (unpaired) electrons. The minimum Gasteiger partial charge on any atom is -0.142 e. The fourth-order valence-electron chi connectivity index (χ4n) is 3.39. The van der Waals surface area contributed by atoms with Gasteiger partial charge in [0.25, 0.3) is 0 Å². The lowest BCUT2D eigenvalue weighted by atomic mass is 9.99. The first-order valence-corrected chi connectivity index (χ1v) is 12.1. The molecule has 0 spiro atoms. The quantitative estimate of drug-likeness (QED) is 0.230. The molecule has 0 fully saturated rings. The van der Waals surface area contributed by atoms with Gasteiger partial charge < -0.3 is 0 Å². The number of hydrogen-bond acceptors (Lipinski definition) is 2. The average Bonchev–Trinajstić information content (AvgIpc) is 3.27. The molecule has 31 heavy (non-hydrogen) atoms. The summed E-state index contributed by atoms with van der Waals surface area (Å²) in [6.07, 6.45) is 4.01. The Morgan fingerprint density at radius 1 is 0.774 bits per heavy atom. The molecule has 4 rings (SSSR count). The summed E-state index contributed by atoms with van der Waals surface area (Å²) in [6, 6.07) is 18.8. The van der Waals surface area contributed by atoms with Crippen LogP contribution in [0.2, 0.25) is 0 Å². The molecule has 0 unspecified atom stereocenters. The molecule has 0 amide bonds. The van der Waals surface area contributed by atoms with Crippen LogP contribution in [0.5, 0.6) is 0 Å². The van der Waals surface area contributed by atoms with E-state index in [-0.39, 0.29) is 0 Å². The van der Waals surface area contributed by atoms with E-state index >= 15 is 0 Å². The molecule has 2 heteroatoms. The van der Waals surface area contributed by atoms with Gasteiger partial charge in [-0.3, -0.25) is 0 Å². The van der Waals surface area contributed by atoms with E-state index in [1.54, 1.807) is 23.1 Å². The monoisotopic (exact) mass is 434 g/mol. The van der Waals surface area contributed by atoms with Crippen molar-refractivity contribution in [2.24, 2.45) is 0 Å². The van der Waals surface area contributed by atoms with Crippen LogP contribution >= 0.6 is 23.1 Å². The second-order valence-electron chi connectivity index (χ2n) is 7.30. The summed E-state index contributed by atoms with van der Waals surface area (Å²) in [6.45, 7) is 8.28. The van der Waals surface area contributed by atoms with Crippen LogP contribution in [0.25, 0.3) is 16.2 Å². The molecule has 0 aliphatic rings. The fourth-order valence-corrected chi connectivity index (χ4v) is 5.08. The third-order valence-corrected chi connectivity index (χ3v) is 6.84. The van der Waals surface area contributed by atoms with Crippen molar-refractivity contribution in [2.75, 3.05) is 6.26 Å². The van der Waals surface area contributed by atoms with Crippen LogP contribution in [0, 0.1) is 37.5 Å². The van der Waals surface area contributed by atoms with Crippen LogP contribution in [0.4, 0.5) is 0 Å². The minimum atomic E-state index is 1.01. The predicted octanol–water partition coefficient (Wildman–Crippen LogP) is 7.68. The van der Waals surface area contributed by atoms with E-state index in [2.05, 4.69) is 110 Å². The lowest BCUT2D eigenvalue weighted by molar-refractivity contribution is 1.42. The maximum atomic E-state index is 4.10. The molecule has 0 aliphatic carbocycles. The van der Waals surface area contributed by atoms with Crippen LogP contribution in [0.1, 0.15) is 38.9 Å². The Bertz CT molecular complexity index is 1380. The first-order chi connectivity index (χ1) is 15.1. The number of benzene rings is 3. The van der Waals surface area contributed by atoms with Crippen LogP contribution in [-0.4, -0.2) is 6.26 Å². The van der Waals surface area contributed by atoms with E-state index in [4.69, 9.17) is 0 Å². The Morgan fingerprint density at radius 3 is 1.84 bits per heavy atom. The van der Waals surface area contributed by atoms with Crippen molar-refractivity contribution in [3.05, 3.63) is 106 Å². The van der Waals surface area contributed by atoms with Gasteiger partial charge in [0, 0.05) is 32.5 Å². The molecule has 0 aliphatic heterocycles. The van der Waals surface area contributed by atoms with E-state index < -0.39 is 0 Å². The smallest absolute Gasteiger partial charge is 0.0518 e. The summed E-state index contributed by atoms with van der Waals surface area (Å²) < 4.78 is 1.17. The standard InChI is InChI=1S/C29H22S2/c1-5-24-25(16-14-22-10-6-20(2)7-11-22)29-27(18-19-31-29)26(28(24)30-4)17-15-23-12-8-21(3)9-13-23/h5-13,18-19H,1H2,2-4H3. The highest BCUT2D eigenvalue weighted by atomic mass is 32.2. The highest BCUT2D eigenvalue weighted by molar-refractivity contribution is 7.98. The topological polar surface area (TPSA) is 0 Å². The molecule has 0 N–H and O–H groups in total. The molecule has 3 aromatic carbocycles. The van der Waals surface area contributed by atoms with Crippen molar-refractivity contribution in [1.29, 1.82) is 0 Å². The summed E-state index contributed by atoms with van der Waals surface area (Å²) in [4.78, 5) is 1.13. The molecule has 1 aromatic heterocycles. The van der Waals surface area contributed by atoms with Gasteiger partial charge in [0.2, 0.25) is 0 Å². The van der Waals surface area contributed by atoms with Gasteiger partial charge in [-0.25, -0.2) is 0 Å². The van der Waals surface area contributed by atoms with Gasteiger partial charge in [-0.1, -0.05) is 71.7 Å². The number of rotatable bonds is 2. The van der Waals surface area contributed by atoms with Crippen molar-refractivity contribution in [3.8, 4) is 23.7 Å². The molecular formula is C29H22S2. The summed E-state index contributed by atoms with van der Waals surface area (Å²) in [5.41, 5.74) is 7.66. The van der Waals surface area contributed by atoms with Crippen LogP contribution < -0.4 is 0 Å². The lowest BCUT2D eigenvalue weighted by Gasteiger charge is -2.11. The van der Waals surface area contributed by atoms with Crippen molar-refractivity contribution >= 4 is 39.3 Å². The fraction of sp³-hybridized carbons (Fsp3) is 0.103. The van der Waals surface area contributed by atoms with Crippen molar-refractivity contribution in [2.45, 2.75) is 18.7 Å². The third-order valence-electron chi connectivity index (χ3n) is 5.08. The van der Waals surface area contributed by atoms with E-state index in [1.807, 2.05) is 6.08 Å². The molecule has 150 valence electrons. The number of thiophene rings is 1. The van der Waals surface area contributed by atoms with E-state index in [0.717, 1.165) is 38.1 Å². The molecule has 0 atom stereocenters. The maximum absolute atomic E-state index is 4.10. The number of fused-ring (bicyclic) bond motifs is 1. The zero-order chi connectivity index (χ0) is 21.8. The van der Waals surface area contributed by atoms with Crippen molar-refractivity contribution in [1.82, 2.24) is 0 Å². The highest BCUT2D eigenvalue weighted by Gasteiger charge is 2.16. The summed E-state index contributed by atoms with van der Waals surface area (Å²) in [7, 11) is 0. The molecule has 0 saturated carbocycles. The Morgan fingerprint density at radius 2 is 1.32 bits per heavy atom. The number of hydrogen-bond donors (Lipinski definition) is 0. The Hall–Kier alpha value is -3.17. The molecular weight excluding hydrogens is 412 g/mol. The SMILES string of the molecule is C=Cc1c(SC)c(C#Cc2ccc(C)cc2)c2ccsc2c1C#Cc1ccc(C)cc1. The zero-order valence-corrected chi connectivity index (χ0v) is 19.5. The van der Waals surface area contributed by atoms with Gasteiger partial charge >= 0.3 is 0 Å². The summed E-state index contributed by atoms with van der Waals surface area (Å²) in [5.74, 6) is 13.6. The van der Waals surface area contributed by atoms with Gasteiger partial charge in [-0.15, -0.1) is 23.1 Å². The minimum absolute atomic E-state index is 1.01. The van der Waals surface area contributed by atoms with Crippen LogP contribution in [0.15, 0.2) is 71.5 Å². The van der Waals surface area contributed by atoms with E-state index in [9.17, 15) is 0 Å². The van der Waals surface area contributed by atoms with Crippen LogP contribution in [0.3, 0.4) is 0 Å². The van der Waals surface area contributed by atoms with Crippen LogP contribution in [-0.2, 0) is 0 Å². The maximum Gasteiger partial charge on any atom is 0.0518 e. The van der Waals surface area contributed by atoms with E-state index in [0.29, 0.717) is 0 Å². The molecule has 0 bridgehead atoms. The van der Waals surface area contributed by atoms with Gasteiger partial charge in [0.05, 0.1) is 10.3 Å². The van der Waals surface area contributed by atoms with E-state index in [1.165, 1.54) is 15.8 Å². The largest absolute Gasteiger partial charge is 0.142 e.